The molecular weight excluding hydrogens is 262 g/mol. The Bertz CT molecular complexity index is 542. The lowest BCUT2D eigenvalue weighted by atomic mass is 10.0. The number of rotatable bonds is 7. The summed E-state index contributed by atoms with van der Waals surface area (Å²) in [6, 6.07) is 16.0. The second-order valence-electron chi connectivity index (χ2n) is 4.93. The Hall–Kier alpha value is -2.20. The van der Waals surface area contributed by atoms with E-state index in [0.29, 0.717) is 18.3 Å². The molecule has 0 saturated carbocycles. The van der Waals surface area contributed by atoms with Crippen molar-refractivity contribution in [2.45, 2.75) is 18.9 Å². The van der Waals surface area contributed by atoms with Crippen LogP contribution in [0.4, 0.5) is 0 Å². The van der Waals surface area contributed by atoms with E-state index in [1.807, 2.05) is 31.3 Å². The molecule has 0 spiro atoms. The minimum atomic E-state index is -0.120. The number of hydrogen-bond donors (Lipinski definition) is 2. The average Bonchev–Trinajstić information content (AvgIpc) is 2.55. The summed E-state index contributed by atoms with van der Waals surface area (Å²) in [4.78, 5) is 15.9. The number of benzene rings is 1. The number of carbonyl (C=O) groups is 1. The minimum absolute atomic E-state index is 0.120. The first-order valence-corrected chi connectivity index (χ1v) is 7.20. The molecule has 110 valence electrons. The standard InChI is InChI=1S/C17H21N3O/c1-18-15(13-14-7-3-2-4-8-14)10-12-20-17(21)16-9-5-6-11-19-16/h2-9,11,15,18H,10,12-13H2,1H3,(H,20,21)/t15-/m0/s1. The van der Waals surface area contributed by atoms with Gasteiger partial charge in [0, 0.05) is 18.8 Å². The second-order valence-corrected chi connectivity index (χ2v) is 4.93. The van der Waals surface area contributed by atoms with E-state index in [1.165, 1.54) is 5.56 Å². The largest absolute Gasteiger partial charge is 0.351 e. The molecule has 0 bridgehead atoms. The van der Waals surface area contributed by atoms with Gasteiger partial charge in [-0.05, 0) is 37.6 Å². The lowest BCUT2D eigenvalue weighted by molar-refractivity contribution is 0.0947. The molecule has 1 amide bonds. The molecule has 4 nitrogen and oxygen atoms in total. The quantitative estimate of drug-likeness (QED) is 0.817. The Morgan fingerprint density at radius 2 is 1.90 bits per heavy atom. The van der Waals surface area contributed by atoms with Crippen LogP contribution in [0.5, 0.6) is 0 Å². The van der Waals surface area contributed by atoms with E-state index in [2.05, 4.69) is 27.8 Å². The van der Waals surface area contributed by atoms with Crippen molar-refractivity contribution in [1.82, 2.24) is 15.6 Å². The van der Waals surface area contributed by atoms with Gasteiger partial charge in [0.05, 0.1) is 0 Å². The van der Waals surface area contributed by atoms with Crippen LogP contribution in [0.2, 0.25) is 0 Å². The maximum Gasteiger partial charge on any atom is 0.269 e. The molecule has 1 atom stereocenters. The van der Waals surface area contributed by atoms with Crippen LogP contribution in [0.15, 0.2) is 54.7 Å². The fourth-order valence-electron chi connectivity index (χ4n) is 2.19. The van der Waals surface area contributed by atoms with Gasteiger partial charge in [-0.25, -0.2) is 0 Å². The van der Waals surface area contributed by atoms with Gasteiger partial charge in [-0.3, -0.25) is 9.78 Å². The van der Waals surface area contributed by atoms with Crippen LogP contribution in [0, 0.1) is 0 Å². The van der Waals surface area contributed by atoms with Gasteiger partial charge in [0.2, 0.25) is 0 Å². The zero-order valence-corrected chi connectivity index (χ0v) is 12.3. The average molecular weight is 283 g/mol. The van der Waals surface area contributed by atoms with E-state index in [4.69, 9.17) is 0 Å². The van der Waals surface area contributed by atoms with Gasteiger partial charge in [-0.2, -0.15) is 0 Å². The number of pyridine rings is 1. The Morgan fingerprint density at radius 1 is 1.14 bits per heavy atom. The van der Waals surface area contributed by atoms with Crippen LogP contribution in [-0.4, -0.2) is 30.5 Å². The number of nitrogens with zero attached hydrogens (tertiary/aromatic N) is 1. The van der Waals surface area contributed by atoms with Crippen LogP contribution >= 0.6 is 0 Å². The SMILES string of the molecule is CN[C@@H](CCNC(=O)c1ccccn1)Cc1ccccc1. The Labute approximate surface area is 125 Å². The van der Waals surface area contributed by atoms with Crippen LogP contribution in [-0.2, 0) is 6.42 Å². The van der Waals surface area contributed by atoms with E-state index >= 15 is 0 Å². The number of hydrogen-bond acceptors (Lipinski definition) is 3. The molecule has 0 aliphatic heterocycles. The summed E-state index contributed by atoms with van der Waals surface area (Å²) >= 11 is 0. The molecule has 21 heavy (non-hydrogen) atoms. The van der Waals surface area contributed by atoms with Crippen molar-refractivity contribution in [2.24, 2.45) is 0 Å². The summed E-state index contributed by atoms with van der Waals surface area (Å²) in [6.45, 7) is 0.633. The smallest absolute Gasteiger partial charge is 0.269 e. The van der Waals surface area contributed by atoms with Crippen LogP contribution in [0.3, 0.4) is 0 Å². The van der Waals surface area contributed by atoms with Gasteiger partial charge in [0.15, 0.2) is 0 Å². The van der Waals surface area contributed by atoms with E-state index in [9.17, 15) is 4.79 Å². The third-order valence-corrected chi connectivity index (χ3v) is 3.41. The van der Waals surface area contributed by atoms with Gasteiger partial charge in [-0.1, -0.05) is 36.4 Å². The van der Waals surface area contributed by atoms with Crippen molar-refractivity contribution in [3.63, 3.8) is 0 Å². The summed E-state index contributed by atoms with van der Waals surface area (Å²) in [5, 5.41) is 6.21. The Balaban J connectivity index is 1.77. The first-order chi connectivity index (χ1) is 10.3. The van der Waals surface area contributed by atoms with Crippen molar-refractivity contribution in [2.75, 3.05) is 13.6 Å². The van der Waals surface area contributed by atoms with Gasteiger partial charge >= 0.3 is 0 Å². The van der Waals surface area contributed by atoms with Gasteiger partial charge < -0.3 is 10.6 Å². The fourth-order valence-corrected chi connectivity index (χ4v) is 2.19. The highest BCUT2D eigenvalue weighted by Gasteiger charge is 2.09. The molecule has 1 heterocycles. The zero-order chi connectivity index (χ0) is 14.9. The highest BCUT2D eigenvalue weighted by Crippen LogP contribution is 2.05. The van der Waals surface area contributed by atoms with Gasteiger partial charge in [0.1, 0.15) is 5.69 Å². The molecule has 0 fully saturated rings. The van der Waals surface area contributed by atoms with Gasteiger partial charge in [0.25, 0.3) is 5.91 Å². The molecule has 1 aromatic carbocycles. The topological polar surface area (TPSA) is 54.0 Å². The number of carbonyl (C=O) groups excluding carboxylic acids is 1. The first-order valence-electron chi connectivity index (χ1n) is 7.20. The third kappa shape index (κ3) is 5.00. The molecule has 0 unspecified atom stereocenters. The molecule has 1 aromatic heterocycles. The molecule has 0 aliphatic rings. The maximum atomic E-state index is 11.9. The highest BCUT2D eigenvalue weighted by atomic mass is 16.1. The predicted molar refractivity (Wildman–Crippen MR) is 84.2 cm³/mol. The summed E-state index contributed by atoms with van der Waals surface area (Å²) in [5.41, 5.74) is 1.76. The lowest BCUT2D eigenvalue weighted by Gasteiger charge is -2.16. The van der Waals surface area contributed by atoms with Crippen LogP contribution in [0.25, 0.3) is 0 Å². The maximum absolute atomic E-state index is 11.9. The molecule has 2 rings (SSSR count). The third-order valence-electron chi connectivity index (χ3n) is 3.41. The van der Waals surface area contributed by atoms with E-state index in [-0.39, 0.29) is 5.91 Å². The number of nitrogens with one attached hydrogen (secondary N) is 2. The molecule has 2 N–H and O–H groups in total. The first kappa shape index (κ1) is 15.2. The Kier molecular flexibility index (Phi) is 5.91. The van der Waals surface area contributed by atoms with E-state index < -0.39 is 0 Å². The van der Waals surface area contributed by atoms with Crippen LogP contribution < -0.4 is 10.6 Å². The zero-order valence-electron chi connectivity index (χ0n) is 12.3. The lowest BCUT2D eigenvalue weighted by Crippen LogP contribution is -2.34. The molecular formula is C17H21N3O. The minimum Gasteiger partial charge on any atom is -0.351 e. The van der Waals surface area contributed by atoms with Crippen molar-refractivity contribution >= 4 is 5.91 Å². The van der Waals surface area contributed by atoms with E-state index in [0.717, 1.165) is 12.8 Å². The van der Waals surface area contributed by atoms with Crippen molar-refractivity contribution in [1.29, 1.82) is 0 Å². The fraction of sp³-hybridized carbons (Fsp3) is 0.294. The number of likely N-dealkylation sites (N-methyl/N-ethyl adjacent to an activating group) is 1. The second kappa shape index (κ2) is 8.17. The monoisotopic (exact) mass is 283 g/mol. The number of amides is 1. The van der Waals surface area contributed by atoms with Crippen molar-refractivity contribution in [3.05, 3.63) is 66.0 Å². The van der Waals surface area contributed by atoms with Gasteiger partial charge in [-0.15, -0.1) is 0 Å². The molecule has 0 aliphatic carbocycles. The molecule has 0 saturated heterocycles. The summed E-state index contributed by atoms with van der Waals surface area (Å²) in [5.74, 6) is -0.120. The Morgan fingerprint density at radius 3 is 2.57 bits per heavy atom. The summed E-state index contributed by atoms with van der Waals surface area (Å²) < 4.78 is 0. The van der Waals surface area contributed by atoms with Crippen molar-refractivity contribution in [3.8, 4) is 0 Å². The molecule has 0 radical (unpaired) electrons. The molecule has 4 heteroatoms. The van der Waals surface area contributed by atoms with E-state index in [1.54, 1.807) is 18.3 Å². The molecule has 2 aromatic rings. The van der Waals surface area contributed by atoms with Crippen LogP contribution in [0.1, 0.15) is 22.5 Å². The highest BCUT2D eigenvalue weighted by molar-refractivity contribution is 5.92. The van der Waals surface area contributed by atoms with Crippen molar-refractivity contribution < 1.29 is 4.79 Å². The normalized spacial score (nSPS) is 11.9. The summed E-state index contributed by atoms with van der Waals surface area (Å²) in [6.07, 6.45) is 3.46. The predicted octanol–water partition coefficient (Wildman–Crippen LogP) is 2.03. The summed E-state index contributed by atoms with van der Waals surface area (Å²) in [7, 11) is 1.95. The number of aromatic nitrogens is 1.